The first-order valence-electron chi connectivity index (χ1n) is 20.2. The number of nitrogens with zero attached hydrogens (tertiary/aromatic N) is 1. The molecule has 0 saturated carbocycles. The Hall–Kier alpha value is -4.78. The maximum atomic E-state index is 15.3. The molecule has 0 spiro atoms. The molecule has 0 unspecified atom stereocenters. The molecule has 63 heavy (non-hydrogen) atoms. The van der Waals surface area contributed by atoms with Gasteiger partial charge >= 0.3 is 18.4 Å². The predicted octanol–water partition coefficient (Wildman–Crippen LogP) is 10.4. The number of nitrogens with one attached hydrogen (secondary N) is 3. The number of anilines is 1. The summed E-state index contributed by atoms with van der Waals surface area (Å²) in [4.78, 5) is 43.3. The minimum Gasteiger partial charge on any atom is -0.444 e. The molecule has 1 aromatic heterocycles. The van der Waals surface area contributed by atoms with Gasteiger partial charge in [0.15, 0.2) is 5.69 Å². The van der Waals surface area contributed by atoms with Crippen LogP contribution in [0, 0.1) is 0 Å². The summed E-state index contributed by atoms with van der Waals surface area (Å²) in [7, 11) is -2.91. The van der Waals surface area contributed by atoms with Crippen molar-refractivity contribution in [2.24, 2.45) is 0 Å². The van der Waals surface area contributed by atoms with Crippen LogP contribution < -0.4 is 26.5 Å². The maximum Gasteiger partial charge on any atom is 0.426 e. The lowest BCUT2D eigenvalue weighted by molar-refractivity contribution is -0.273. The minimum absolute atomic E-state index is 0.140. The summed E-state index contributed by atoms with van der Waals surface area (Å²) in [6, 6.07) is 28.3. The number of ether oxygens (including phenoxy) is 2. The van der Waals surface area contributed by atoms with Crippen molar-refractivity contribution in [1.29, 1.82) is 0 Å². The molecule has 0 aliphatic rings. The summed E-state index contributed by atoms with van der Waals surface area (Å²) in [5.74, 6) is -3.26. The van der Waals surface area contributed by atoms with E-state index < -0.39 is 84.4 Å². The van der Waals surface area contributed by atoms with E-state index in [1.54, 1.807) is 23.6 Å². The molecule has 0 saturated heterocycles. The van der Waals surface area contributed by atoms with Crippen LogP contribution in [0.25, 0.3) is 0 Å². The molecule has 3 amide bonds. The molecule has 18 heteroatoms. The Kier molecular flexibility index (Phi) is 16.8. The van der Waals surface area contributed by atoms with E-state index >= 15 is 13.2 Å². The van der Waals surface area contributed by atoms with Gasteiger partial charge < -0.3 is 13.9 Å². The van der Waals surface area contributed by atoms with Gasteiger partial charge in [0, 0.05) is 6.10 Å². The normalized spacial score (nSPS) is 14.0. The number of carbonyl (C=O) groups excluding carboxylic acids is 3. The Bertz CT molecular complexity index is 2110. The SMILES string of the molecule is C[C@@H](CCCCC[C@@](OCc1ccccc1)(C(=O)NNC(=O)c1nc(Br)c(C(F)(F)F)cc1NC(=O)OC(C)(C)C)C(F)(F)F)O[Si](c1ccccc1)(c1ccccc1)C(C)(C)C. The van der Waals surface area contributed by atoms with E-state index in [0.717, 1.165) is 10.4 Å². The van der Waals surface area contributed by atoms with Gasteiger partial charge in [-0.1, -0.05) is 125 Å². The van der Waals surface area contributed by atoms with Crippen LogP contribution in [0.5, 0.6) is 0 Å². The molecule has 342 valence electrons. The Morgan fingerprint density at radius 2 is 1.30 bits per heavy atom. The summed E-state index contributed by atoms with van der Waals surface area (Å²) in [5, 5.41) is 3.88. The number of carbonyl (C=O) groups is 3. The molecule has 10 nitrogen and oxygen atoms in total. The van der Waals surface area contributed by atoms with Crippen LogP contribution >= 0.6 is 15.9 Å². The fraction of sp³-hybridized carbons (Fsp3) is 0.422. The van der Waals surface area contributed by atoms with Crippen molar-refractivity contribution in [3.8, 4) is 0 Å². The van der Waals surface area contributed by atoms with Crippen LogP contribution in [0.2, 0.25) is 5.04 Å². The number of rotatable bonds is 16. The van der Waals surface area contributed by atoms with Crippen molar-refractivity contribution >= 4 is 58.2 Å². The summed E-state index contributed by atoms with van der Waals surface area (Å²) in [5.41, 5.74) is -3.79. The molecule has 2 atom stereocenters. The number of benzene rings is 3. The van der Waals surface area contributed by atoms with Gasteiger partial charge in [-0.3, -0.25) is 25.8 Å². The maximum absolute atomic E-state index is 15.3. The summed E-state index contributed by atoms with van der Waals surface area (Å²) in [6.07, 6.45) is -11.7. The predicted molar refractivity (Wildman–Crippen MR) is 234 cm³/mol. The molecular formula is C45H53BrF6N4O6Si. The van der Waals surface area contributed by atoms with Gasteiger partial charge in [0.1, 0.15) is 10.2 Å². The zero-order valence-corrected chi connectivity index (χ0v) is 38.7. The van der Waals surface area contributed by atoms with E-state index in [2.05, 4.69) is 66.0 Å². The van der Waals surface area contributed by atoms with Crippen LogP contribution in [0.15, 0.2) is 102 Å². The Morgan fingerprint density at radius 3 is 1.79 bits per heavy atom. The van der Waals surface area contributed by atoms with Crippen molar-refractivity contribution in [2.45, 2.75) is 122 Å². The highest BCUT2D eigenvalue weighted by molar-refractivity contribution is 9.10. The summed E-state index contributed by atoms with van der Waals surface area (Å²) < 4.78 is 104. The van der Waals surface area contributed by atoms with Crippen LogP contribution in [0.4, 0.5) is 36.8 Å². The average molecular weight is 968 g/mol. The molecule has 0 fully saturated rings. The molecule has 3 N–H and O–H groups in total. The standard InChI is InChI=1S/C45H53BrF6N4O6Si/c1-30(62-63(42(5,6)7,32-23-15-9-16-24-32)33-25-17-10-18-26-33)20-12-11-19-27-43(45(50,51)52,60-29-31-21-13-8-14-22-31)39(58)56-55-38(57)36-35(53-40(59)61-41(2,3)4)28-34(37(46)54-36)44(47,48)49/h8-10,13-18,21-26,28,30H,11-12,19-20,27,29H2,1-7H3,(H,53,59)(H,55,57)(H,56,58)/t30-,43+/m0/s1. The first kappa shape index (κ1) is 50.9. The third-order valence-corrected chi connectivity index (χ3v) is 15.8. The number of unbranched alkanes of at least 4 members (excludes halogenated alkanes) is 2. The first-order valence-corrected chi connectivity index (χ1v) is 22.9. The molecule has 4 rings (SSSR count). The fourth-order valence-corrected chi connectivity index (χ4v) is 12.3. The van der Waals surface area contributed by atoms with Gasteiger partial charge in [0.05, 0.1) is 17.9 Å². The lowest BCUT2D eigenvalue weighted by Gasteiger charge is -2.44. The Labute approximate surface area is 373 Å². The van der Waals surface area contributed by atoms with Crippen LogP contribution in [0.1, 0.15) is 102 Å². The number of halogens is 7. The number of alkyl halides is 6. The van der Waals surface area contributed by atoms with E-state index in [0.29, 0.717) is 24.5 Å². The van der Waals surface area contributed by atoms with Gasteiger partial charge in [-0.05, 0) is 89.9 Å². The van der Waals surface area contributed by atoms with Gasteiger partial charge in [0.2, 0.25) is 5.60 Å². The monoisotopic (exact) mass is 966 g/mol. The highest BCUT2D eigenvalue weighted by Crippen LogP contribution is 2.41. The third-order valence-electron chi connectivity index (χ3n) is 10.0. The van der Waals surface area contributed by atoms with Gasteiger partial charge in [-0.15, -0.1) is 0 Å². The third kappa shape index (κ3) is 13.1. The lowest BCUT2D eigenvalue weighted by atomic mass is 9.93. The number of hydrogen-bond donors (Lipinski definition) is 3. The zero-order chi connectivity index (χ0) is 46.9. The summed E-state index contributed by atoms with van der Waals surface area (Å²) >= 11 is 2.66. The van der Waals surface area contributed by atoms with Crippen molar-refractivity contribution in [2.75, 3.05) is 5.32 Å². The Balaban J connectivity index is 1.56. The van der Waals surface area contributed by atoms with Crippen LogP contribution in [0.3, 0.4) is 0 Å². The van der Waals surface area contributed by atoms with Crippen molar-refractivity contribution in [3.63, 3.8) is 0 Å². The van der Waals surface area contributed by atoms with Crippen molar-refractivity contribution in [1.82, 2.24) is 15.8 Å². The second-order valence-electron chi connectivity index (χ2n) is 17.0. The van der Waals surface area contributed by atoms with Gasteiger partial charge in [-0.25, -0.2) is 9.78 Å². The molecule has 0 radical (unpaired) electrons. The minimum atomic E-state index is -5.32. The number of pyridine rings is 1. The largest absolute Gasteiger partial charge is 0.444 e. The summed E-state index contributed by atoms with van der Waals surface area (Å²) in [6.45, 7) is 12.2. The Morgan fingerprint density at radius 1 is 0.762 bits per heavy atom. The molecule has 3 aromatic carbocycles. The fourth-order valence-electron chi connectivity index (χ4n) is 7.06. The second kappa shape index (κ2) is 20.8. The number of hydrazine groups is 1. The zero-order valence-electron chi connectivity index (χ0n) is 36.1. The van der Waals surface area contributed by atoms with Crippen molar-refractivity contribution in [3.05, 3.63) is 118 Å². The van der Waals surface area contributed by atoms with E-state index in [1.807, 2.05) is 54.1 Å². The van der Waals surface area contributed by atoms with Gasteiger partial charge in [0.25, 0.3) is 20.1 Å². The number of amides is 3. The number of aromatic nitrogens is 1. The highest BCUT2D eigenvalue weighted by atomic mass is 79.9. The molecule has 1 heterocycles. The quantitative estimate of drug-likeness (QED) is 0.0335. The smallest absolute Gasteiger partial charge is 0.426 e. The van der Waals surface area contributed by atoms with E-state index in [1.165, 1.54) is 32.9 Å². The van der Waals surface area contributed by atoms with E-state index in [9.17, 15) is 27.6 Å². The average Bonchev–Trinajstić information content (AvgIpc) is 3.19. The van der Waals surface area contributed by atoms with Crippen LogP contribution in [-0.4, -0.2) is 54.7 Å². The lowest BCUT2D eigenvalue weighted by Crippen LogP contribution is -2.67. The molecule has 0 bridgehead atoms. The topological polar surface area (TPSA) is 128 Å². The second-order valence-corrected chi connectivity index (χ2v) is 22.0. The van der Waals surface area contributed by atoms with E-state index in [-0.39, 0.29) is 24.0 Å². The molecular weight excluding hydrogens is 914 g/mol. The van der Waals surface area contributed by atoms with Crippen molar-refractivity contribution < 1.29 is 54.6 Å². The number of hydrogen-bond acceptors (Lipinski definition) is 7. The highest BCUT2D eigenvalue weighted by Gasteiger charge is 2.61. The molecule has 0 aliphatic heterocycles. The first-order chi connectivity index (χ1) is 29.3. The van der Waals surface area contributed by atoms with Gasteiger partial charge in [-0.2, -0.15) is 26.3 Å². The molecule has 0 aliphatic carbocycles. The van der Waals surface area contributed by atoms with E-state index in [4.69, 9.17) is 13.9 Å². The molecule has 4 aromatic rings. The van der Waals surface area contributed by atoms with Crippen LogP contribution in [-0.2, 0) is 31.5 Å².